The number of halogens is 1. The predicted octanol–water partition coefficient (Wildman–Crippen LogP) is 3.73. The Bertz CT molecular complexity index is 645. The summed E-state index contributed by atoms with van der Waals surface area (Å²) in [5.74, 6) is 2.35. The first-order valence-corrected chi connectivity index (χ1v) is 7.10. The molecule has 0 bridgehead atoms. The Labute approximate surface area is 128 Å². The zero-order chi connectivity index (χ0) is 14.7. The van der Waals surface area contributed by atoms with Crippen LogP contribution in [0.4, 0.5) is 5.69 Å². The van der Waals surface area contributed by atoms with Crippen molar-refractivity contribution in [1.29, 1.82) is 0 Å². The number of hydrogen-bond acceptors (Lipinski definition) is 4. The third-order valence-corrected chi connectivity index (χ3v) is 3.49. The molecule has 0 saturated heterocycles. The van der Waals surface area contributed by atoms with Crippen molar-refractivity contribution in [2.24, 2.45) is 0 Å². The molecule has 1 aliphatic heterocycles. The van der Waals surface area contributed by atoms with Gasteiger partial charge in [-0.3, -0.25) is 0 Å². The largest absolute Gasteiger partial charge is 0.495 e. The minimum atomic E-state index is 0.589. The number of methoxy groups -OCH3 is 1. The average Bonchev–Trinajstić information content (AvgIpc) is 2.53. The van der Waals surface area contributed by atoms with Gasteiger partial charge in [-0.25, -0.2) is 0 Å². The van der Waals surface area contributed by atoms with Gasteiger partial charge in [0.05, 0.1) is 12.8 Å². The second-order valence-corrected chi connectivity index (χ2v) is 5.11. The summed E-state index contributed by atoms with van der Waals surface area (Å²) >= 11 is 6.02. The van der Waals surface area contributed by atoms with E-state index in [1.165, 1.54) is 0 Å². The van der Waals surface area contributed by atoms with E-state index in [9.17, 15) is 0 Å². The van der Waals surface area contributed by atoms with Gasteiger partial charge in [-0.2, -0.15) is 0 Å². The van der Waals surface area contributed by atoms with Crippen LogP contribution in [-0.2, 0) is 6.54 Å². The van der Waals surface area contributed by atoms with E-state index >= 15 is 0 Å². The van der Waals surface area contributed by atoms with Crippen LogP contribution >= 0.6 is 11.6 Å². The fraction of sp³-hybridized carbons (Fsp3) is 0.250. The summed E-state index contributed by atoms with van der Waals surface area (Å²) in [6.07, 6.45) is 0. The molecule has 21 heavy (non-hydrogen) atoms. The van der Waals surface area contributed by atoms with Crippen LogP contribution in [0.2, 0.25) is 5.02 Å². The van der Waals surface area contributed by atoms with Gasteiger partial charge in [0, 0.05) is 11.6 Å². The number of hydrogen-bond donors (Lipinski definition) is 1. The third-order valence-electron chi connectivity index (χ3n) is 3.25. The minimum Gasteiger partial charge on any atom is -0.495 e. The van der Waals surface area contributed by atoms with E-state index in [-0.39, 0.29) is 0 Å². The average molecular weight is 306 g/mol. The van der Waals surface area contributed by atoms with Crippen molar-refractivity contribution in [1.82, 2.24) is 0 Å². The van der Waals surface area contributed by atoms with Crippen LogP contribution in [0.3, 0.4) is 0 Å². The van der Waals surface area contributed by atoms with Crippen LogP contribution in [0, 0.1) is 0 Å². The molecule has 2 aromatic carbocycles. The van der Waals surface area contributed by atoms with E-state index in [4.69, 9.17) is 25.8 Å². The lowest BCUT2D eigenvalue weighted by Gasteiger charge is -2.19. The van der Waals surface area contributed by atoms with Crippen molar-refractivity contribution in [2.45, 2.75) is 6.54 Å². The van der Waals surface area contributed by atoms with E-state index in [0.717, 1.165) is 28.5 Å². The van der Waals surface area contributed by atoms with Gasteiger partial charge in [-0.15, -0.1) is 0 Å². The summed E-state index contributed by atoms with van der Waals surface area (Å²) in [5.41, 5.74) is 1.96. The van der Waals surface area contributed by atoms with Crippen molar-refractivity contribution >= 4 is 17.3 Å². The lowest BCUT2D eigenvalue weighted by Crippen LogP contribution is -2.15. The monoisotopic (exact) mass is 305 g/mol. The molecule has 0 unspecified atom stereocenters. The maximum Gasteiger partial charge on any atom is 0.161 e. The molecule has 3 rings (SSSR count). The van der Waals surface area contributed by atoms with Crippen molar-refractivity contribution in [3.63, 3.8) is 0 Å². The molecule has 4 nitrogen and oxygen atoms in total. The van der Waals surface area contributed by atoms with Crippen molar-refractivity contribution in [3.8, 4) is 17.2 Å². The standard InChI is InChI=1S/C16H16ClNO3/c1-19-14-5-3-12(17)9-13(14)18-10-11-2-4-15-16(8-11)21-7-6-20-15/h2-5,8-9,18H,6-7,10H2,1H3. The molecule has 0 spiro atoms. The third kappa shape index (κ3) is 3.16. The molecule has 1 aliphatic rings. The molecular weight excluding hydrogens is 290 g/mol. The zero-order valence-electron chi connectivity index (χ0n) is 11.7. The molecule has 110 valence electrons. The highest BCUT2D eigenvalue weighted by molar-refractivity contribution is 6.30. The van der Waals surface area contributed by atoms with Gasteiger partial charge in [0.2, 0.25) is 0 Å². The van der Waals surface area contributed by atoms with Gasteiger partial charge in [-0.05, 0) is 35.9 Å². The first kappa shape index (κ1) is 13.9. The van der Waals surface area contributed by atoms with Gasteiger partial charge in [0.1, 0.15) is 19.0 Å². The van der Waals surface area contributed by atoms with E-state index in [2.05, 4.69) is 5.32 Å². The fourth-order valence-electron chi connectivity index (χ4n) is 2.21. The fourth-order valence-corrected chi connectivity index (χ4v) is 2.39. The normalized spacial score (nSPS) is 12.9. The zero-order valence-corrected chi connectivity index (χ0v) is 12.4. The number of benzene rings is 2. The van der Waals surface area contributed by atoms with Gasteiger partial charge >= 0.3 is 0 Å². The number of ether oxygens (including phenoxy) is 3. The van der Waals surface area contributed by atoms with Gasteiger partial charge in [0.15, 0.2) is 11.5 Å². The van der Waals surface area contributed by atoms with Crippen LogP contribution in [-0.4, -0.2) is 20.3 Å². The summed E-state index contributed by atoms with van der Waals surface area (Å²) < 4.78 is 16.4. The summed E-state index contributed by atoms with van der Waals surface area (Å²) in [5, 5.41) is 3.99. The Hall–Kier alpha value is -2.07. The van der Waals surface area contributed by atoms with Crippen LogP contribution < -0.4 is 19.5 Å². The van der Waals surface area contributed by atoms with E-state index in [0.29, 0.717) is 24.8 Å². The summed E-state index contributed by atoms with van der Waals surface area (Å²) in [6.45, 7) is 1.84. The molecule has 0 amide bonds. The second kappa shape index (κ2) is 6.14. The van der Waals surface area contributed by atoms with Gasteiger partial charge in [0.25, 0.3) is 0 Å². The number of nitrogens with one attached hydrogen (secondary N) is 1. The molecule has 1 N–H and O–H groups in total. The van der Waals surface area contributed by atoms with E-state index in [1.807, 2.05) is 30.3 Å². The van der Waals surface area contributed by atoms with Crippen LogP contribution in [0.5, 0.6) is 17.2 Å². The first-order valence-electron chi connectivity index (χ1n) is 6.72. The Morgan fingerprint density at radius 1 is 1.10 bits per heavy atom. The molecule has 0 aliphatic carbocycles. The highest BCUT2D eigenvalue weighted by Gasteiger charge is 2.12. The first-order chi connectivity index (χ1) is 10.3. The summed E-state index contributed by atoms with van der Waals surface area (Å²) in [6, 6.07) is 11.4. The highest BCUT2D eigenvalue weighted by Crippen LogP contribution is 2.32. The van der Waals surface area contributed by atoms with Crippen LogP contribution in [0.1, 0.15) is 5.56 Å². The van der Waals surface area contributed by atoms with E-state index in [1.54, 1.807) is 13.2 Å². The molecule has 0 radical (unpaired) electrons. The molecule has 0 atom stereocenters. The Kier molecular flexibility index (Phi) is 4.06. The molecule has 0 saturated carbocycles. The predicted molar refractivity (Wildman–Crippen MR) is 82.8 cm³/mol. The SMILES string of the molecule is COc1ccc(Cl)cc1NCc1ccc2c(c1)OCCO2. The molecule has 0 fully saturated rings. The van der Waals surface area contributed by atoms with Crippen LogP contribution in [0.15, 0.2) is 36.4 Å². The van der Waals surface area contributed by atoms with Gasteiger partial charge < -0.3 is 19.5 Å². The van der Waals surface area contributed by atoms with Crippen molar-refractivity contribution in [3.05, 3.63) is 47.0 Å². The maximum atomic E-state index is 6.02. The summed E-state index contributed by atoms with van der Waals surface area (Å²) in [7, 11) is 1.64. The van der Waals surface area contributed by atoms with Crippen molar-refractivity contribution in [2.75, 3.05) is 25.6 Å². The Balaban J connectivity index is 1.74. The van der Waals surface area contributed by atoms with E-state index < -0.39 is 0 Å². The Morgan fingerprint density at radius 3 is 2.71 bits per heavy atom. The smallest absolute Gasteiger partial charge is 0.161 e. The van der Waals surface area contributed by atoms with Crippen LogP contribution in [0.25, 0.3) is 0 Å². The molecule has 0 aromatic heterocycles. The molecule has 2 aromatic rings. The number of anilines is 1. The maximum absolute atomic E-state index is 6.02. The lowest BCUT2D eigenvalue weighted by atomic mass is 10.2. The topological polar surface area (TPSA) is 39.7 Å². The van der Waals surface area contributed by atoms with Crippen molar-refractivity contribution < 1.29 is 14.2 Å². The second-order valence-electron chi connectivity index (χ2n) is 4.68. The quantitative estimate of drug-likeness (QED) is 0.934. The van der Waals surface area contributed by atoms with Gasteiger partial charge in [-0.1, -0.05) is 17.7 Å². The summed E-state index contributed by atoms with van der Waals surface area (Å²) in [4.78, 5) is 0. The number of rotatable bonds is 4. The minimum absolute atomic E-state index is 0.589. The molecule has 5 heteroatoms. The highest BCUT2D eigenvalue weighted by atomic mass is 35.5. The molecule has 1 heterocycles. The Morgan fingerprint density at radius 2 is 1.90 bits per heavy atom. The number of fused-ring (bicyclic) bond motifs is 1. The molecular formula is C16H16ClNO3. The lowest BCUT2D eigenvalue weighted by molar-refractivity contribution is 0.171.